The molecule has 0 aliphatic carbocycles. The number of carbonyl (C=O) groups is 1. The van der Waals surface area contributed by atoms with Gasteiger partial charge in [-0.1, -0.05) is 6.07 Å². The number of carbonyl (C=O) groups excluding carboxylic acids is 1. The van der Waals surface area contributed by atoms with Gasteiger partial charge in [0.1, 0.15) is 5.75 Å². The van der Waals surface area contributed by atoms with Crippen LogP contribution in [0, 0.1) is 0 Å². The molecule has 0 atom stereocenters. The predicted octanol–water partition coefficient (Wildman–Crippen LogP) is 3.01. The van der Waals surface area contributed by atoms with Crippen LogP contribution in [0.25, 0.3) is 0 Å². The second-order valence-corrected chi connectivity index (χ2v) is 5.01. The third-order valence-electron chi connectivity index (χ3n) is 2.57. The average molecular weight is 261 g/mol. The van der Waals surface area contributed by atoms with Crippen molar-refractivity contribution in [1.29, 1.82) is 0 Å². The first-order valence-corrected chi connectivity index (χ1v) is 6.59. The number of aromatic nitrogens is 1. The van der Waals surface area contributed by atoms with Crippen molar-refractivity contribution in [2.45, 2.75) is 4.90 Å². The minimum Gasteiger partial charge on any atom is -0.497 e. The molecule has 0 saturated heterocycles. The van der Waals surface area contributed by atoms with Crippen LogP contribution in [0.1, 0.15) is 10.4 Å². The van der Waals surface area contributed by atoms with Gasteiger partial charge in [-0.3, -0.25) is 4.79 Å². The highest BCUT2D eigenvalue weighted by Crippen LogP contribution is 2.23. The summed E-state index contributed by atoms with van der Waals surface area (Å²) in [6.45, 7) is 0. The predicted molar refractivity (Wildman–Crippen MR) is 73.5 cm³/mol. The number of hydrogen-bond acceptors (Lipinski definition) is 3. The van der Waals surface area contributed by atoms with Gasteiger partial charge in [-0.05, 0) is 24.3 Å². The topological polar surface area (TPSA) is 31.2 Å². The maximum Gasteiger partial charge on any atom is 0.174 e. The van der Waals surface area contributed by atoms with Crippen molar-refractivity contribution in [1.82, 2.24) is 4.57 Å². The van der Waals surface area contributed by atoms with Gasteiger partial charge in [-0.15, -0.1) is 11.8 Å². The quantitative estimate of drug-likeness (QED) is 0.612. The fraction of sp³-hybridized carbons (Fsp3) is 0.214. The van der Waals surface area contributed by atoms with E-state index in [1.807, 2.05) is 54.3 Å². The SMILES string of the molecule is COc1cccc(SCC(=O)c2ccn(C)c2)c1. The first kappa shape index (κ1) is 12.8. The molecule has 18 heavy (non-hydrogen) atoms. The third kappa shape index (κ3) is 3.17. The van der Waals surface area contributed by atoms with Gasteiger partial charge in [-0.25, -0.2) is 0 Å². The van der Waals surface area contributed by atoms with Crippen molar-refractivity contribution in [3.8, 4) is 5.75 Å². The Balaban J connectivity index is 1.97. The number of rotatable bonds is 5. The van der Waals surface area contributed by atoms with Crippen LogP contribution in [0.5, 0.6) is 5.75 Å². The van der Waals surface area contributed by atoms with E-state index in [-0.39, 0.29) is 5.78 Å². The number of thioether (sulfide) groups is 1. The molecule has 0 N–H and O–H groups in total. The number of Topliss-reactive ketones (excluding diaryl/α,β-unsaturated/α-hetero) is 1. The molecule has 0 spiro atoms. The van der Waals surface area contributed by atoms with E-state index in [1.54, 1.807) is 7.11 Å². The monoisotopic (exact) mass is 261 g/mol. The molecule has 1 aromatic heterocycles. The van der Waals surface area contributed by atoms with Gasteiger partial charge < -0.3 is 9.30 Å². The number of benzene rings is 1. The summed E-state index contributed by atoms with van der Waals surface area (Å²) in [5.74, 6) is 1.40. The zero-order valence-electron chi connectivity index (χ0n) is 10.4. The van der Waals surface area contributed by atoms with E-state index in [4.69, 9.17) is 4.74 Å². The van der Waals surface area contributed by atoms with Crippen LogP contribution in [-0.4, -0.2) is 23.2 Å². The number of methoxy groups -OCH3 is 1. The van der Waals surface area contributed by atoms with Crippen LogP contribution in [0.4, 0.5) is 0 Å². The molecular formula is C14H15NO2S. The maximum absolute atomic E-state index is 11.9. The second kappa shape index (κ2) is 5.78. The summed E-state index contributed by atoms with van der Waals surface area (Å²) in [7, 11) is 3.55. The lowest BCUT2D eigenvalue weighted by molar-refractivity contribution is 0.102. The third-order valence-corrected chi connectivity index (χ3v) is 3.56. The van der Waals surface area contributed by atoms with Crippen LogP contribution >= 0.6 is 11.8 Å². The Morgan fingerprint density at radius 2 is 2.22 bits per heavy atom. The summed E-state index contributed by atoms with van der Waals surface area (Å²) >= 11 is 1.52. The zero-order valence-corrected chi connectivity index (χ0v) is 11.2. The molecule has 0 bridgehead atoms. The van der Waals surface area contributed by atoms with Crippen molar-refractivity contribution in [3.63, 3.8) is 0 Å². The lowest BCUT2D eigenvalue weighted by Crippen LogP contribution is -2.00. The first-order chi connectivity index (χ1) is 8.69. The second-order valence-electron chi connectivity index (χ2n) is 3.96. The minimum absolute atomic E-state index is 0.142. The van der Waals surface area contributed by atoms with Gasteiger partial charge in [0.25, 0.3) is 0 Å². The van der Waals surface area contributed by atoms with E-state index in [1.165, 1.54) is 11.8 Å². The molecule has 0 fully saturated rings. The highest BCUT2D eigenvalue weighted by atomic mass is 32.2. The van der Waals surface area contributed by atoms with Crippen LogP contribution in [0.2, 0.25) is 0 Å². The Morgan fingerprint density at radius 3 is 2.89 bits per heavy atom. The Kier molecular flexibility index (Phi) is 4.10. The zero-order chi connectivity index (χ0) is 13.0. The number of ether oxygens (including phenoxy) is 1. The van der Waals surface area contributed by atoms with Gasteiger partial charge in [0.05, 0.1) is 12.9 Å². The van der Waals surface area contributed by atoms with Gasteiger partial charge in [0, 0.05) is 29.9 Å². The molecule has 0 aliphatic rings. The molecule has 1 heterocycles. The normalized spacial score (nSPS) is 10.3. The van der Waals surface area contributed by atoms with Gasteiger partial charge in [0.15, 0.2) is 5.78 Å². The lowest BCUT2D eigenvalue weighted by Gasteiger charge is -2.03. The number of hydrogen-bond donors (Lipinski definition) is 0. The van der Waals surface area contributed by atoms with Crippen LogP contribution < -0.4 is 4.74 Å². The van der Waals surface area contributed by atoms with Gasteiger partial charge in [0.2, 0.25) is 0 Å². The molecule has 2 rings (SSSR count). The molecule has 3 nitrogen and oxygen atoms in total. The van der Waals surface area contributed by atoms with Gasteiger partial charge >= 0.3 is 0 Å². The molecule has 0 saturated carbocycles. The van der Waals surface area contributed by atoms with Crippen molar-refractivity contribution in [2.24, 2.45) is 7.05 Å². The van der Waals surface area contributed by atoms with E-state index in [0.717, 1.165) is 16.2 Å². The number of aryl methyl sites for hydroxylation is 1. The maximum atomic E-state index is 11.9. The van der Waals surface area contributed by atoms with Crippen molar-refractivity contribution in [2.75, 3.05) is 12.9 Å². The standard InChI is InChI=1S/C14H15NO2S/c1-15-7-6-11(9-15)14(16)10-18-13-5-3-4-12(8-13)17-2/h3-9H,10H2,1-2H3. The molecular weight excluding hydrogens is 246 g/mol. The molecule has 0 radical (unpaired) electrons. The highest BCUT2D eigenvalue weighted by Gasteiger charge is 2.07. The highest BCUT2D eigenvalue weighted by molar-refractivity contribution is 8.00. The average Bonchev–Trinajstić information content (AvgIpc) is 2.83. The fourth-order valence-corrected chi connectivity index (χ4v) is 2.43. The van der Waals surface area contributed by atoms with Crippen LogP contribution in [0.3, 0.4) is 0 Å². The van der Waals surface area contributed by atoms with E-state index in [9.17, 15) is 4.79 Å². The van der Waals surface area contributed by atoms with Crippen molar-refractivity contribution in [3.05, 3.63) is 48.3 Å². The molecule has 0 aliphatic heterocycles. The van der Waals surface area contributed by atoms with Crippen molar-refractivity contribution >= 4 is 17.5 Å². The van der Waals surface area contributed by atoms with Crippen molar-refractivity contribution < 1.29 is 9.53 Å². The van der Waals surface area contributed by atoms with E-state index in [2.05, 4.69) is 0 Å². The summed E-state index contributed by atoms with van der Waals surface area (Å²) in [4.78, 5) is 13.0. The summed E-state index contributed by atoms with van der Waals surface area (Å²) in [6, 6.07) is 9.57. The Labute approximate surface area is 111 Å². The lowest BCUT2D eigenvalue weighted by atomic mass is 10.2. The van der Waals surface area contributed by atoms with Crippen LogP contribution in [0.15, 0.2) is 47.6 Å². The number of ketones is 1. The van der Waals surface area contributed by atoms with E-state index in [0.29, 0.717) is 5.75 Å². The first-order valence-electron chi connectivity index (χ1n) is 5.61. The summed E-state index contributed by atoms with van der Waals surface area (Å²) in [5, 5.41) is 0. The number of nitrogens with zero attached hydrogens (tertiary/aromatic N) is 1. The summed E-state index contributed by atoms with van der Waals surface area (Å²) in [6.07, 6.45) is 3.72. The largest absolute Gasteiger partial charge is 0.497 e. The van der Waals surface area contributed by atoms with Crippen LogP contribution in [-0.2, 0) is 7.05 Å². The molecule has 0 amide bonds. The van der Waals surface area contributed by atoms with E-state index < -0.39 is 0 Å². The fourth-order valence-electron chi connectivity index (χ4n) is 1.59. The molecule has 2 aromatic rings. The molecule has 1 aromatic carbocycles. The minimum atomic E-state index is 0.142. The molecule has 0 unspecified atom stereocenters. The van der Waals surface area contributed by atoms with Gasteiger partial charge in [-0.2, -0.15) is 0 Å². The smallest absolute Gasteiger partial charge is 0.174 e. The summed E-state index contributed by atoms with van der Waals surface area (Å²) < 4.78 is 7.03. The Bertz CT molecular complexity index is 548. The summed E-state index contributed by atoms with van der Waals surface area (Å²) in [5.41, 5.74) is 0.757. The molecule has 4 heteroatoms. The Hall–Kier alpha value is -1.68. The molecule has 94 valence electrons. The van der Waals surface area contributed by atoms with E-state index >= 15 is 0 Å². The Morgan fingerprint density at radius 1 is 1.39 bits per heavy atom.